The average Bonchev–Trinajstić information content (AvgIpc) is 2.75. The molecular weight excluding hydrogens is 472 g/mol. The molecule has 7 nitrogen and oxygen atoms in total. The molecular formula is C25H28N2O5S2. The van der Waals surface area contributed by atoms with Crippen molar-refractivity contribution in [2.75, 3.05) is 11.0 Å². The number of benzene rings is 3. The van der Waals surface area contributed by atoms with E-state index < -0.39 is 31.8 Å². The van der Waals surface area contributed by atoms with Crippen LogP contribution in [0.2, 0.25) is 0 Å². The van der Waals surface area contributed by atoms with Gasteiger partial charge in [-0.3, -0.25) is 9.52 Å². The zero-order chi connectivity index (χ0) is 25.3. The summed E-state index contributed by atoms with van der Waals surface area (Å²) >= 11 is 0. The Morgan fingerprint density at radius 1 is 0.824 bits per heavy atom. The maximum absolute atomic E-state index is 13.1. The number of anilines is 1. The van der Waals surface area contributed by atoms with Crippen LogP contribution in [-0.4, -0.2) is 29.0 Å². The molecule has 1 amide bonds. The lowest BCUT2D eigenvalue weighted by Crippen LogP contribution is -2.27. The number of nitrogens with one attached hydrogen (secondary N) is 2. The number of hydrogen-bond donors (Lipinski definition) is 2. The summed E-state index contributed by atoms with van der Waals surface area (Å²) < 4.78 is 52.1. The smallest absolute Gasteiger partial charge is 0.262 e. The molecule has 3 rings (SSSR count). The van der Waals surface area contributed by atoms with Crippen molar-refractivity contribution in [2.24, 2.45) is 0 Å². The largest absolute Gasteiger partial charge is 0.346 e. The van der Waals surface area contributed by atoms with E-state index in [1.165, 1.54) is 18.2 Å². The number of sulfonamides is 1. The van der Waals surface area contributed by atoms with Crippen molar-refractivity contribution in [2.45, 2.75) is 43.5 Å². The summed E-state index contributed by atoms with van der Waals surface area (Å²) in [5, 5.41) is 2.83. The lowest BCUT2D eigenvalue weighted by Gasteiger charge is -2.16. The van der Waals surface area contributed by atoms with Gasteiger partial charge in [0.25, 0.3) is 15.9 Å². The Bertz CT molecular complexity index is 1450. The average molecular weight is 501 g/mol. The Morgan fingerprint density at radius 2 is 1.47 bits per heavy atom. The van der Waals surface area contributed by atoms with Gasteiger partial charge in [-0.25, -0.2) is 16.8 Å². The lowest BCUT2D eigenvalue weighted by molar-refractivity contribution is 0.0939. The zero-order valence-electron chi connectivity index (χ0n) is 19.7. The first-order chi connectivity index (χ1) is 15.8. The molecule has 0 radical (unpaired) electrons. The normalized spacial score (nSPS) is 12.7. The van der Waals surface area contributed by atoms with E-state index in [9.17, 15) is 21.6 Å². The highest BCUT2D eigenvalue weighted by Gasteiger charge is 2.21. The van der Waals surface area contributed by atoms with Crippen molar-refractivity contribution >= 4 is 31.5 Å². The van der Waals surface area contributed by atoms with Gasteiger partial charge in [0, 0.05) is 11.8 Å². The van der Waals surface area contributed by atoms with E-state index in [0.717, 1.165) is 22.9 Å². The minimum Gasteiger partial charge on any atom is -0.346 e. The molecule has 0 bridgehead atoms. The van der Waals surface area contributed by atoms with Crippen molar-refractivity contribution < 1.29 is 21.6 Å². The predicted octanol–water partition coefficient (Wildman–Crippen LogP) is 4.31. The molecule has 0 aliphatic carbocycles. The number of hydrogen-bond acceptors (Lipinski definition) is 5. The molecule has 1 unspecified atom stereocenters. The fraction of sp³-hybridized carbons (Fsp3) is 0.240. The van der Waals surface area contributed by atoms with Crippen LogP contribution in [0.25, 0.3) is 0 Å². The van der Waals surface area contributed by atoms with Crippen LogP contribution in [0.1, 0.15) is 45.6 Å². The molecule has 1 atom stereocenters. The molecule has 0 aliphatic rings. The number of carbonyl (C=O) groups excluding carboxylic acids is 1. The Morgan fingerprint density at radius 3 is 2.06 bits per heavy atom. The first kappa shape index (κ1) is 25.5. The Balaban J connectivity index is 1.82. The molecule has 0 aromatic heterocycles. The topological polar surface area (TPSA) is 109 Å². The molecule has 0 aliphatic heterocycles. The van der Waals surface area contributed by atoms with Gasteiger partial charge >= 0.3 is 0 Å². The molecule has 3 aromatic rings. The van der Waals surface area contributed by atoms with Crippen LogP contribution in [-0.2, 0) is 19.9 Å². The van der Waals surface area contributed by atoms with Gasteiger partial charge in [-0.2, -0.15) is 0 Å². The third-order valence-electron chi connectivity index (χ3n) is 5.52. The molecule has 3 aromatic carbocycles. The summed E-state index contributed by atoms with van der Waals surface area (Å²) in [5.41, 5.74) is 3.73. The molecule has 34 heavy (non-hydrogen) atoms. The monoisotopic (exact) mass is 500 g/mol. The van der Waals surface area contributed by atoms with E-state index in [0.29, 0.717) is 11.3 Å². The van der Waals surface area contributed by atoms with Crippen molar-refractivity contribution in [3.8, 4) is 0 Å². The van der Waals surface area contributed by atoms with Crippen LogP contribution in [0.5, 0.6) is 0 Å². The summed E-state index contributed by atoms with van der Waals surface area (Å²) in [7, 11) is -7.23. The van der Waals surface area contributed by atoms with Gasteiger partial charge in [-0.05, 0) is 74.7 Å². The summed E-state index contributed by atoms with van der Waals surface area (Å²) in [4.78, 5) is 13.1. The maximum atomic E-state index is 13.1. The number of aryl methyl sites for hydroxylation is 3. The second kappa shape index (κ2) is 9.60. The zero-order valence-corrected chi connectivity index (χ0v) is 21.3. The van der Waals surface area contributed by atoms with E-state index in [1.54, 1.807) is 44.2 Å². The highest BCUT2D eigenvalue weighted by molar-refractivity contribution is 7.92. The molecule has 0 saturated carbocycles. The van der Waals surface area contributed by atoms with Crippen molar-refractivity contribution in [3.05, 3.63) is 88.5 Å². The maximum Gasteiger partial charge on any atom is 0.262 e. The van der Waals surface area contributed by atoms with E-state index in [1.807, 2.05) is 26.0 Å². The van der Waals surface area contributed by atoms with Crippen molar-refractivity contribution in [1.82, 2.24) is 5.32 Å². The molecule has 0 spiro atoms. The summed E-state index contributed by atoms with van der Waals surface area (Å²) in [6.45, 7) is 7.19. The van der Waals surface area contributed by atoms with E-state index in [4.69, 9.17) is 0 Å². The van der Waals surface area contributed by atoms with E-state index in [-0.39, 0.29) is 15.4 Å². The predicted molar refractivity (Wildman–Crippen MR) is 133 cm³/mol. The fourth-order valence-corrected chi connectivity index (χ4v) is 5.56. The highest BCUT2D eigenvalue weighted by Crippen LogP contribution is 2.24. The molecule has 2 N–H and O–H groups in total. The van der Waals surface area contributed by atoms with E-state index in [2.05, 4.69) is 10.0 Å². The number of rotatable bonds is 7. The van der Waals surface area contributed by atoms with Crippen LogP contribution in [0.3, 0.4) is 0 Å². The van der Waals surface area contributed by atoms with Gasteiger partial charge in [0.15, 0.2) is 9.84 Å². The Kier molecular flexibility index (Phi) is 7.18. The van der Waals surface area contributed by atoms with Crippen molar-refractivity contribution in [1.29, 1.82) is 0 Å². The van der Waals surface area contributed by atoms with Gasteiger partial charge in [-0.1, -0.05) is 35.9 Å². The molecule has 180 valence electrons. The quantitative estimate of drug-likeness (QED) is 0.503. The highest BCUT2D eigenvalue weighted by atomic mass is 32.2. The van der Waals surface area contributed by atoms with Gasteiger partial charge < -0.3 is 5.32 Å². The first-order valence-corrected chi connectivity index (χ1v) is 14.0. The van der Waals surface area contributed by atoms with Crippen LogP contribution in [0.4, 0.5) is 5.69 Å². The third-order valence-corrected chi connectivity index (χ3v) is 8.16. The van der Waals surface area contributed by atoms with Crippen molar-refractivity contribution in [3.63, 3.8) is 0 Å². The fourth-order valence-electron chi connectivity index (χ4n) is 3.53. The third kappa shape index (κ3) is 5.84. The molecule has 0 saturated heterocycles. The van der Waals surface area contributed by atoms with Crippen LogP contribution >= 0.6 is 0 Å². The summed E-state index contributed by atoms with van der Waals surface area (Å²) in [5.74, 6) is -0.442. The SMILES string of the molecule is Cc1ccc(NS(=O)(=O)c2cc(C(=O)NC(C)c3ccc(S(C)(=O)=O)cc3)ccc2C)c(C)c1. The number of amides is 1. The van der Waals surface area contributed by atoms with Crippen LogP contribution in [0, 0.1) is 20.8 Å². The van der Waals surface area contributed by atoms with Gasteiger partial charge in [0.05, 0.1) is 21.5 Å². The Labute approximate surface area is 201 Å². The summed E-state index contributed by atoms with van der Waals surface area (Å²) in [6.07, 6.45) is 1.13. The number of sulfone groups is 1. The second-order valence-electron chi connectivity index (χ2n) is 8.44. The number of carbonyl (C=O) groups is 1. The Hall–Kier alpha value is -3.17. The van der Waals surface area contributed by atoms with Gasteiger partial charge in [0.2, 0.25) is 0 Å². The second-order valence-corrected chi connectivity index (χ2v) is 12.1. The standard InChI is InChI=1S/C25H28N2O5S2/c1-16-6-13-23(18(3)14-16)27-34(31,32)24-15-21(8-7-17(24)2)25(28)26-19(4)20-9-11-22(12-10-20)33(5,29)30/h6-15,19,27H,1-5H3,(H,26,28). The van der Waals surface area contributed by atoms with E-state index >= 15 is 0 Å². The molecule has 0 heterocycles. The van der Waals surface area contributed by atoms with Crippen LogP contribution in [0.15, 0.2) is 70.5 Å². The first-order valence-electron chi connectivity index (χ1n) is 10.6. The van der Waals surface area contributed by atoms with Gasteiger partial charge in [-0.15, -0.1) is 0 Å². The van der Waals surface area contributed by atoms with Crippen LogP contribution < -0.4 is 10.0 Å². The summed E-state index contributed by atoms with van der Waals surface area (Å²) in [6, 6.07) is 15.8. The minimum absolute atomic E-state index is 0.0188. The molecule has 9 heteroatoms. The molecule has 0 fully saturated rings. The lowest BCUT2D eigenvalue weighted by atomic mass is 10.1. The minimum atomic E-state index is -3.92. The van der Waals surface area contributed by atoms with Gasteiger partial charge in [0.1, 0.15) is 0 Å².